The van der Waals surface area contributed by atoms with E-state index in [4.69, 9.17) is 4.42 Å². The first-order valence-corrected chi connectivity index (χ1v) is 7.59. The summed E-state index contributed by atoms with van der Waals surface area (Å²) in [5.41, 5.74) is 2.30. The van der Waals surface area contributed by atoms with Crippen LogP contribution in [0.5, 0.6) is 0 Å². The van der Waals surface area contributed by atoms with Gasteiger partial charge in [-0.15, -0.1) is 5.10 Å². The van der Waals surface area contributed by atoms with E-state index in [1.165, 1.54) is 17.1 Å². The molecule has 1 N–H and O–H groups in total. The third-order valence-electron chi connectivity index (χ3n) is 3.50. The maximum Gasteiger partial charge on any atom is 0.302 e. The van der Waals surface area contributed by atoms with Crippen molar-refractivity contribution in [2.75, 3.05) is 5.32 Å². The van der Waals surface area contributed by atoms with E-state index in [1.807, 2.05) is 19.1 Å². The number of amides is 1. The normalized spacial score (nSPS) is 10.7. The lowest BCUT2D eigenvalue weighted by molar-refractivity contribution is 0.101. The van der Waals surface area contributed by atoms with Crippen LogP contribution in [0.25, 0.3) is 17.3 Å². The van der Waals surface area contributed by atoms with E-state index in [-0.39, 0.29) is 17.7 Å². The van der Waals surface area contributed by atoms with Crippen molar-refractivity contribution in [1.29, 1.82) is 0 Å². The van der Waals surface area contributed by atoms with Crippen molar-refractivity contribution in [2.45, 2.75) is 6.92 Å². The van der Waals surface area contributed by atoms with Crippen LogP contribution >= 0.6 is 0 Å². The summed E-state index contributed by atoms with van der Waals surface area (Å²) in [5.74, 6) is -0.277. The molecule has 0 aromatic carbocycles. The number of oxazole rings is 1. The van der Waals surface area contributed by atoms with E-state index in [2.05, 4.69) is 35.6 Å². The van der Waals surface area contributed by atoms with E-state index < -0.39 is 5.91 Å². The number of hydrogen-bond acceptors (Lipinski definition) is 8. The number of pyridine rings is 1. The van der Waals surface area contributed by atoms with Gasteiger partial charge in [0.1, 0.15) is 12.0 Å². The Morgan fingerprint density at radius 2 is 1.96 bits per heavy atom. The molecule has 0 fully saturated rings. The first-order valence-electron chi connectivity index (χ1n) is 7.59. The average molecular weight is 348 g/mol. The van der Waals surface area contributed by atoms with Crippen molar-refractivity contribution in [3.8, 4) is 17.3 Å². The second-order valence-electron chi connectivity index (χ2n) is 5.24. The number of rotatable bonds is 4. The van der Waals surface area contributed by atoms with Gasteiger partial charge in [-0.25, -0.2) is 9.97 Å². The fourth-order valence-corrected chi connectivity index (χ4v) is 2.29. The van der Waals surface area contributed by atoms with Gasteiger partial charge >= 0.3 is 6.01 Å². The standard InChI is InChI=1S/C16H12N8O2/c1-10-4-2-5-17-13(10)11-9-26-16(21-11)22-14(25)12-8-20-23-24(12)15-18-6-3-7-19-15/h2-9H,1H3,(H,21,22,25). The van der Waals surface area contributed by atoms with Crippen LogP contribution in [0, 0.1) is 6.92 Å². The molecule has 10 nitrogen and oxygen atoms in total. The van der Waals surface area contributed by atoms with Crippen LogP contribution in [0.15, 0.2) is 53.7 Å². The molecule has 128 valence electrons. The molecule has 0 aliphatic carbocycles. The van der Waals surface area contributed by atoms with E-state index in [0.29, 0.717) is 11.4 Å². The lowest BCUT2D eigenvalue weighted by atomic mass is 10.2. The third-order valence-corrected chi connectivity index (χ3v) is 3.50. The van der Waals surface area contributed by atoms with Crippen molar-refractivity contribution in [3.05, 3.63) is 60.5 Å². The van der Waals surface area contributed by atoms with Crippen molar-refractivity contribution < 1.29 is 9.21 Å². The van der Waals surface area contributed by atoms with Gasteiger partial charge in [-0.2, -0.15) is 9.67 Å². The van der Waals surface area contributed by atoms with Gasteiger partial charge < -0.3 is 4.42 Å². The Morgan fingerprint density at radius 1 is 1.15 bits per heavy atom. The highest BCUT2D eigenvalue weighted by molar-refractivity contribution is 6.02. The summed E-state index contributed by atoms with van der Waals surface area (Å²) < 4.78 is 6.55. The molecule has 26 heavy (non-hydrogen) atoms. The van der Waals surface area contributed by atoms with Crippen molar-refractivity contribution in [3.63, 3.8) is 0 Å². The van der Waals surface area contributed by atoms with Gasteiger partial charge in [0.2, 0.25) is 0 Å². The Labute approximate surface area is 147 Å². The summed E-state index contributed by atoms with van der Waals surface area (Å²) >= 11 is 0. The predicted molar refractivity (Wildman–Crippen MR) is 89.4 cm³/mol. The van der Waals surface area contributed by atoms with Gasteiger partial charge in [0.15, 0.2) is 5.69 Å². The fourth-order valence-electron chi connectivity index (χ4n) is 2.29. The van der Waals surface area contributed by atoms with E-state index >= 15 is 0 Å². The zero-order valence-corrected chi connectivity index (χ0v) is 13.6. The Kier molecular flexibility index (Phi) is 3.90. The van der Waals surface area contributed by atoms with Gasteiger partial charge in [0.05, 0.1) is 11.9 Å². The van der Waals surface area contributed by atoms with Gasteiger partial charge in [-0.05, 0) is 24.6 Å². The summed E-state index contributed by atoms with van der Waals surface area (Å²) in [7, 11) is 0. The minimum atomic E-state index is -0.506. The average Bonchev–Trinajstić information content (AvgIpc) is 3.32. The Bertz CT molecular complexity index is 1060. The molecular weight excluding hydrogens is 336 g/mol. The molecule has 0 atom stereocenters. The molecule has 0 saturated heterocycles. The Morgan fingerprint density at radius 3 is 2.77 bits per heavy atom. The molecule has 4 aromatic rings. The summed E-state index contributed by atoms with van der Waals surface area (Å²) in [5, 5.41) is 10.1. The molecule has 0 unspecified atom stereocenters. The quantitative estimate of drug-likeness (QED) is 0.590. The van der Waals surface area contributed by atoms with Crippen molar-refractivity contribution in [1.82, 2.24) is 34.9 Å². The van der Waals surface area contributed by atoms with Crippen molar-refractivity contribution in [2.24, 2.45) is 0 Å². The molecule has 4 aromatic heterocycles. The van der Waals surface area contributed by atoms with Crippen LogP contribution in [0.2, 0.25) is 0 Å². The van der Waals surface area contributed by atoms with E-state index in [1.54, 1.807) is 24.7 Å². The topological polar surface area (TPSA) is 125 Å². The Hall–Kier alpha value is -3.95. The highest BCUT2D eigenvalue weighted by Gasteiger charge is 2.19. The summed E-state index contributed by atoms with van der Waals surface area (Å²) in [6.07, 6.45) is 7.49. The molecule has 0 aliphatic heterocycles. The molecule has 0 spiro atoms. The van der Waals surface area contributed by atoms with Gasteiger partial charge in [-0.1, -0.05) is 11.3 Å². The monoisotopic (exact) mass is 348 g/mol. The minimum absolute atomic E-state index is 0.0387. The number of carbonyl (C=O) groups excluding carboxylic acids is 1. The number of carbonyl (C=O) groups is 1. The van der Waals surface area contributed by atoms with E-state index in [0.717, 1.165) is 5.56 Å². The number of hydrogen-bond donors (Lipinski definition) is 1. The number of aryl methyl sites for hydroxylation is 1. The largest absolute Gasteiger partial charge is 0.431 e. The van der Waals surface area contributed by atoms with Gasteiger partial charge in [-0.3, -0.25) is 15.1 Å². The smallest absolute Gasteiger partial charge is 0.302 e. The summed E-state index contributed by atoms with van der Waals surface area (Å²) in [6, 6.07) is 5.45. The van der Waals surface area contributed by atoms with Gasteiger partial charge in [0, 0.05) is 18.6 Å². The molecule has 4 heterocycles. The number of nitrogens with one attached hydrogen (secondary N) is 1. The first kappa shape index (κ1) is 15.6. The molecule has 10 heteroatoms. The SMILES string of the molecule is Cc1cccnc1-c1coc(NC(=O)c2cnnn2-c2ncccn2)n1. The third kappa shape index (κ3) is 2.90. The first-order chi connectivity index (χ1) is 12.7. The molecular formula is C16H12N8O2. The fraction of sp³-hybridized carbons (Fsp3) is 0.0625. The molecule has 0 saturated carbocycles. The lowest BCUT2D eigenvalue weighted by Crippen LogP contribution is -2.18. The second-order valence-corrected chi connectivity index (χ2v) is 5.24. The molecule has 0 aliphatic rings. The predicted octanol–water partition coefficient (Wildman–Crippen LogP) is 1.67. The lowest BCUT2D eigenvalue weighted by Gasteiger charge is -2.03. The molecule has 4 rings (SSSR count). The van der Waals surface area contributed by atoms with Crippen LogP contribution in [-0.4, -0.2) is 40.8 Å². The number of aromatic nitrogens is 7. The summed E-state index contributed by atoms with van der Waals surface area (Å²) in [4.78, 5) is 29.1. The van der Waals surface area contributed by atoms with Crippen LogP contribution < -0.4 is 5.32 Å². The van der Waals surface area contributed by atoms with Crippen LogP contribution in [-0.2, 0) is 0 Å². The minimum Gasteiger partial charge on any atom is -0.431 e. The second kappa shape index (κ2) is 6.51. The maximum atomic E-state index is 12.5. The molecule has 1 amide bonds. The number of anilines is 1. The van der Waals surface area contributed by atoms with Gasteiger partial charge in [0.25, 0.3) is 11.9 Å². The Balaban J connectivity index is 1.57. The van der Waals surface area contributed by atoms with Crippen molar-refractivity contribution >= 4 is 11.9 Å². The van der Waals surface area contributed by atoms with Crippen LogP contribution in [0.4, 0.5) is 6.01 Å². The highest BCUT2D eigenvalue weighted by Crippen LogP contribution is 2.21. The zero-order valence-electron chi connectivity index (χ0n) is 13.6. The highest BCUT2D eigenvalue weighted by atomic mass is 16.4. The summed E-state index contributed by atoms with van der Waals surface area (Å²) in [6.45, 7) is 1.92. The molecule has 0 radical (unpaired) electrons. The van der Waals surface area contributed by atoms with E-state index in [9.17, 15) is 4.79 Å². The van der Waals surface area contributed by atoms with Crippen LogP contribution in [0.1, 0.15) is 16.1 Å². The van der Waals surface area contributed by atoms with Crippen LogP contribution in [0.3, 0.4) is 0 Å². The maximum absolute atomic E-state index is 12.5. The number of nitrogens with zero attached hydrogens (tertiary/aromatic N) is 7. The zero-order chi connectivity index (χ0) is 17.9. The molecule has 0 bridgehead atoms.